The van der Waals surface area contributed by atoms with E-state index in [9.17, 15) is 9.59 Å². The topological polar surface area (TPSA) is 34.1 Å². The molecule has 2 nitrogen and oxygen atoms in total. The minimum Gasteiger partial charge on any atom is -0.303 e. The van der Waals surface area contributed by atoms with Gasteiger partial charge in [-0.3, -0.25) is 4.79 Å². The van der Waals surface area contributed by atoms with Crippen LogP contribution in [0.15, 0.2) is 24.3 Å². The van der Waals surface area contributed by atoms with E-state index in [4.69, 9.17) is 11.6 Å². The van der Waals surface area contributed by atoms with E-state index in [0.717, 1.165) is 11.8 Å². The van der Waals surface area contributed by atoms with Gasteiger partial charge in [0.15, 0.2) is 0 Å². The normalized spacial score (nSPS) is 12.2. The van der Waals surface area contributed by atoms with Gasteiger partial charge in [0.2, 0.25) is 0 Å². The minimum atomic E-state index is -0.481. The molecule has 0 radical (unpaired) electrons. The average molecular weight is 197 g/mol. The lowest BCUT2D eigenvalue weighted by Crippen LogP contribution is -1.95. The number of benzene rings is 1. The number of aldehydes is 1. The lowest BCUT2D eigenvalue weighted by Gasteiger charge is -2.03. The van der Waals surface area contributed by atoms with E-state index in [1.54, 1.807) is 31.2 Å². The largest absolute Gasteiger partial charge is 0.303 e. The third kappa shape index (κ3) is 2.39. The quantitative estimate of drug-likeness (QED) is 0.550. The van der Waals surface area contributed by atoms with Crippen LogP contribution in [0.25, 0.3) is 0 Å². The van der Waals surface area contributed by atoms with Gasteiger partial charge in [-0.25, -0.2) is 0 Å². The molecule has 0 aliphatic carbocycles. The van der Waals surface area contributed by atoms with Crippen LogP contribution in [-0.2, 0) is 4.79 Å². The van der Waals surface area contributed by atoms with Crippen molar-refractivity contribution in [3.8, 4) is 0 Å². The van der Waals surface area contributed by atoms with Gasteiger partial charge >= 0.3 is 0 Å². The van der Waals surface area contributed by atoms with Crippen LogP contribution in [0.1, 0.15) is 28.8 Å². The molecule has 0 amide bonds. The zero-order valence-corrected chi connectivity index (χ0v) is 7.91. The molecule has 0 saturated carbocycles. The van der Waals surface area contributed by atoms with Crippen molar-refractivity contribution >= 4 is 23.1 Å². The maximum Gasteiger partial charge on any atom is 0.252 e. The highest BCUT2D eigenvalue weighted by molar-refractivity contribution is 6.67. The SMILES string of the molecule is CC(C=O)c1ccc(C(=O)Cl)cc1. The van der Waals surface area contributed by atoms with E-state index in [2.05, 4.69) is 0 Å². The van der Waals surface area contributed by atoms with Gasteiger partial charge in [-0.15, -0.1) is 0 Å². The van der Waals surface area contributed by atoms with E-state index < -0.39 is 5.24 Å². The number of halogens is 1. The minimum absolute atomic E-state index is 0.139. The Hall–Kier alpha value is -1.15. The molecule has 0 saturated heterocycles. The molecule has 1 rings (SSSR count). The van der Waals surface area contributed by atoms with Crippen molar-refractivity contribution in [3.63, 3.8) is 0 Å². The number of hydrogen-bond acceptors (Lipinski definition) is 2. The number of carbonyl (C=O) groups is 2. The summed E-state index contributed by atoms with van der Waals surface area (Å²) >= 11 is 5.26. The van der Waals surface area contributed by atoms with Crippen molar-refractivity contribution in [2.75, 3.05) is 0 Å². The molecule has 1 atom stereocenters. The highest BCUT2D eigenvalue weighted by Gasteiger charge is 2.05. The summed E-state index contributed by atoms with van der Waals surface area (Å²) in [5.41, 5.74) is 1.33. The van der Waals surface area contributed by atoms with Crippen molar-refractivity contribution in [1.82, 2.24) is 0 Å². The summed E-state index contributed by atoms with van der Waals surface area (Å²) in [6.45, 7) is 1.80. The Morgan fingerprint density at radius 1 is 1.38 bits per heavy atom. The second-order valence-electron chi connectivity index (χ2n) is 2.82. The maximum atomic E-state index is 10.7. The van der Waals surface area contributed by atoms with Crippen LogP contribution in [0.3, 0.4) is 0 Å². The predicted molar refractivity (Wildman–Crippen MR) is 51.1 cm³/mol. The zero-order valence-electron chi connectivity index (χ0n) is 7.16. The van der Waals surface area contributed by atoms with E-state index in [1.165, 1.54) is 0 Å². The van der Waals surface area contributed by atoms with Gasteiger partial charge in [0, 0.05) is 11.5 Å². The van der Waals surface area contributed by atoms with Crippen molar-refractivity contribution in [2.24, 2.45) is 0 Å². The molecule has 3 heteroatoms. The molecule has 0 heterocycles. The van der Waals surface area contributed by atoms with Crippen LogP contribution >= 0.6 is 11.6 Å². The van der Waals surface area contributed by atoms with Gasteiger partial charge in [0.05, 0.1) is 0 Å². The molecule has 0 aromatic heterocycles. The predicted octanol–water partition coefficient (Wildman–Crippen LogP) is 2.37. The molecule has 1 aromatic rings. The number of carbonyl (C=O) groups excluding carboxylic acids is 2. The molecule has 0 aliphatic rings. The summed E-state index contributed by atoms with van der Waals surface area (Å²) < 4.78 is 0. The van der Waals surface area contributed by atoms with E-state index in [1.807, 2.05) is 0 Å². The van der Waals surface area contributed by atoms with Crippen LogP contribution in [0.4, 0.5) is 0 Å². The second-order valence-corrected chi connectivity index (χ2v) is 3.16. The van der Waals surface area contributed by atoms with E-state index in [-0.39, 0.29) is 5.92 Å². The smallest absolute Gasteiger partial charge is 0.252 e. The molecular weight excluding hydrogens is 188 g/mol. The van der Waals surface area contributed by atoms with Crippen molar-refractivity contribution in [3.05, 3.63) is 35.4 Å². The fourth-order valence-electron chi connectivity index (χ4n) is 0.996. The van der Waals surface area contributed by atoms with Gasteiger partial charge in [0.25, 0.3) is 5.24 Å². The monoisotopic (exact) mass is 196 g/mol. The summed E-state index contributed by atoms with van der Waals surface area (Å²) in [4.78, 5) is 21.1. The molecule has 1 aromatic carbocycles. The van der Waals surface area contributed by atoms with Gasteiger partial charge in [0.1, 0.15) is 6.29 Å². The molecule has 0 N–H and O–H groups in total. The Morgan fingerprint density at radius 2 is 1.92 bits per heavy atom. The highest BCUT2D eigenvalue weighted by Crippen LogP contribution is 2.14. The Morgan fingerprint density at radius 3 is 2.31 bits per heavy atom. The fraction of sp³-hybridized carbons (Fsp3) is 0.200. The molecular formula is C10H9ClO2. The van der Waals surface area contributed by atoms with Crippen LogP contribution in [0, 0.1) is 0 Å². The Kier molecular flexibility index (Phi) is 3.20. The van der Waals surface area contributed by atoms with Gasteiger partial charge in [-0.1, -0.05) is 19.1 Å². The molecule has 0 aliphatic heterocycles. The van der Waals surface area contributed by atoms with Crippen LogP contribution in [-0.4, -0.2) is 11.5 Å². The van der Waals surface area contributed by atoms with Gasteiger partial charge in [-0.2, -0.15) is 0 Å². The first kappa shape index (κ1) is 9.93. The third-order valence-corrected chi connectivity index (χ3v) is 2.09. The lowest BCUT2D eigenvalue weighted by molar-refractivity contribution is -0.108. The van der Waals surface area contributed by atoms with E-state index in [0.29, 0.717) is 5.56 Å². The van der Waals surface area contributed by atoms with Crippen molar-refractivity contribution in [1.29, 1.82) is 0 Å². The average Bonchev–Trinajstić information content (AvgIpc) is 2.17. The molecule has 0 bridgehead atoms. The summed E-state index contributed by atoms with van der Waals surface area (Å²) in [5.74, 6) is -0.139. The molecule has 13 heavy (non-hydrogen) atoms. The summed E-state index contributed by atoms with van der Waals surface area (Å²) in [6.07, 6.45) is 0.859. The number of hydrogen-bond donors (Lipinski definition) is 0. The van der Waals surface area contributed by atoms with E-state index >= 15 is 0 Å². The molecule has 0 spiro atoms. The van der Waals surface area contributed by atoms with Gasteiger partial charge in [-0.05, 0) is 29.3 Å². The number of rotatable bonds is 3. The first-order chi connectivity index (χ1) is 6.15. The highest BCUT2D eigenvalue weighted by atomic mass is 35.5. The Labute approximate surface area is 81.5 Å². The first-order valence-corrected chi connectivity index (χ1v) is 4.28. The van der Waals surface area contributed by atoms with Crippen molar-refractivity contribution in [2.45, 2.75) is 12.8 Å². The summed E-state index contributed by atoms with van der Waals surface area (Å²) in [7, 11) is 0. The summed E-state index contributed by atoms with van der Waals surface area (Å²) in [5, 5.41) is -0.481. The lowest BCUT2D eigenvalue weighted by atomic mass is 10.0. The Bertz CT molecular complexity index is 316. The zero-order chi connectivity index (χ0) is 9.84. The molecule has 0 fully saturated rings. The first-order valence-electron chi connectivity index (χ1n) is 3.90. The second kappa shape index (κ2) is 4.19. The van der Waals surface area contributed by atoms with Crippen LogP contribution < -0.4 is 0 Å². The van der Waals surface area contributed by atoms with Crippen molar-refractivity contribution < 1.29 is 9.59 Å². The maximum absolute atomic E-state index is 10.7. The molecule has 1 unspecified atom stereocenters. The third-order valence-electron chi connectivity index (χ3n) is 1.87. The standard InChI is InChI=1S/C10H9ClO2/c1-7(6-12)8-2-4-9(5-3-8)10(11)13/h2-7H,1H3. The summed E-state index contributed by atoms with van der Waals surface area (Å²) in [6, 6.07) is 6.69. The molecule has 68 valence electrons. The van der Waals surface area contributed by atoms with Gasteiger partial charge < -0.3 is 4.79 Å². The Balaban J connectivity index is 2.93. The van der Waals surface area contributed by atoms with Crippen LogP contribution in [0.2, 0.25) is 0 Å². The fourth-order valence-corrected chi connectivity index (χ4v) is 1.12. The van der Waals surface area contributed by atoms with Crippen LogP contribution in [0.5, 0.6) is 0 Å².